The number of rotatable bonds is 11. The fraction of sp³-hybridized carbons (Fsp3) is 0.833. The van der Waals surface area contributed by atoms with Crippen LogP contribution >= 0.6 is 0 Å². The van der Waals surface area contributed by atoms with Gasteiger partial charge >= 0.3 is 0 Å². The number of unbranched alkanes of at least 4 members (excludes halogenated alkanes) is 2. The fourth-order valence-electron chi connectivity index (χ4n) is 1.31. The second-order valence-electron chi connectivity index (χ2n) is 3.64. The molecule has 0 aliphatic carbocycles. The topological polar surface area (TPSA) is 24.1 Å². The second kappa shape index (κ2) is 12.7. The Morgan fingerprint density at radius 3 is 2.14 bits per heavy atom. The molecule has 0 amide bonds. The molecule has 0 bridgehead atoms. The molecule has 0 saturated carbocycles. The molecule has 0 aromatic rings. The zero-order valence-corrected chi connectivity index (χ0v) is 9.65. The highest BCUT2D eigenvalue weighted by atomic mass is 14.8. The quantitative estimate of drug-likeness (QED) is 0.393. The highest BCUT2D eigenvalue weighted by Crippen LogP contribution is 1.92. The van der Waals surface area contributed by atoms with E-state index in [0.29, 0.717) is 0 Å². The van der Waals surface area contributed by atoms with Crippen LogP contribution in [0.25, 0.3) is 0 Å². The maximum Gasteiger partial charge on any atom is -0.00144 e. The Morgan fingerprint density at radius 1 is 0.929 bits per heavy atom. The van der Waals surface area contributed by atoms with Crippen LogP contribution < -0.4 is 10.6 Å². The van der Waals surface area contributed by atoms with Crippen molar-refractivity contribution in [3.05, 3.63) is 12.7 Å². The van der Waals surface area contributed by atoms with Crippen LogP contribution in [0.3, 0.4) is 0 Å². The van der Waals surface area contributed by atoms with E-state index in [2.05, 4.69) is 24.1 Å². The zero-order valence-electron chi connectivity index (χ0n) is 9.65. The summed E-state index contributed by atoms with van der Waals surface area (Å²) in [5, 5.41) is 6.81. The average molecular weight is 198 g/mol. The van der Waals surface area contributed by atoms with E-state index in [9.17, 15) is 0 Å². The largest absolute Gasteiger partial charge is 0.317 e. The van der Waals surface area contributed by atoms with Crippen molar-refractivity contribution < 1.29 is 0 Å². The summed E-state index contributed by atoms with van der Waals surface area (Å²) >= 11 is 0. The highest BCUT2D eigenvalue weighted by Gasteiger charge is 1.89. The predicted molar refractivity (Wildman–Crippen MR) is 64.7 cm³/mol. The smallest absolute Gasteiger partial charge is 0.00144 e. The van der Waals surface area contributed by atoms with Crippen molar-refractivity contribution in [2.45, 2.75) is 39.0 Å². The predicted octanol–water partition coefficient (Wildman–Crippen LogP) is 2.32. The molecule has 0 rings (SSSR count). The first-order chi connectivity index (χ1) is 6.91. The molecule has 0 radical (unpaired) electrons. The summed E-state index contributed by atoms with van der Waals surface area (Å²) in [4.78, 5) is 0. The molecular formula is C12H26N2. The maximum absolute atomic E-state index is 3.69. The third-order valence-electron chi connectivity index (χ3n) is 2.16. The van der Waals surface area contributed by atoms with E-state index in [0.717, 1.165) is 26.1 Å². The van der Waals surface area contributed by atoms with Crippen LogP contribution in [-0.4, -0.2) is 26.2 Å². The lowest BCUT2D eigenvalue weighted by Gasteiger charge is -2.04. The third-order valence-corrected chi connectivity index (χ3v) is 2.16. The normalized spacial score (nSPS) is 10.4. The van der Waals surface area contributed by atoms with Crippen LogP contribution in [-0.2, 0) is 0 Å². The highest BCUT2D eigenvalue weighted by molar-refractivity contribution is 4.67. The monoisotopic (exact) mass is 198 g/mol. The minimum atomic E-state index is 1.08. The van der Waals surface area contributed by atoms with Crippen molar-refractivity contribution in [3.63, 3.8) is 0 Å². The van der Waals surface area contributed by atoms with Gasteiger partial charge in [0.2, 0.25) is 0 Å². The molecule has 0 aliphatic heterocycles. The molecule has 2 heteroatoms. The van der Waals surface area contributed by atoms with E-state index in [1.165, 1.54) is 32.2 Å². The van der Waals surface area contributed by atoms with Gasteiger partial charge in [0, 0.05) is 0 Å². The van der Waals surface area contributed by atoms with Crippen LogP contribution in [0.5, 0.6) is 0 Å². The first-order valence-corrected chi connectivity index (χ1v) is 5.94. The van der Waals surface area contributed by atoms with Gasteiger partial charge in [0.05, 0.1) is 0 Å². The van der Waals surface area contributed by atoms with Crippen LogP contribution in [0, 0.1) is 0 Å². The van der Waals surface area contributed by atoms with Crippen molar-refractivity contribution in [2.75, 3.05) is 26.2 Å². The maximum atomic E-state index is 3.69. The minimum Gasteiger partial charge on any atom is -0.317 e. The zero-order chi connectivity index (χ0) is 10.5. The van der Waals surface area contributed by atoms with Gasteiger partial charge in [-0.2, -0.15) is 0 Å². The molecule has 0 unspecified atom stereocenters. The van der Waals surface area contributed by atoms with Gasteiger partial charge in [-0.3, -0.25) is 0 Å². The number of hydrogen-bond acceptors (Lipinski definition) is 2. The van der Waals surface area contributed by atoms with Gasteiger partial charge in [-0.15, -0.1) is 6.58 Å². The molecule has 0 aromatic heterocycles. The summed E-state index contributed by atoms with van der Waals surface area (Å²) < 4.78 is 0. The van der Waals surface area contributed by atoms with Crippen LogP contribution in [0.1, 0.15) is 39.0 Å². The van der Waals surface area contributed by atoms with E-state index < -0.39 is 0 Å². The molecule has 84 valence electrons. The average Bonchev–Trinajstić information content (AvgIpc) is 2.21. The Balaban J connectivity index is 2.81. The molecular weight excluding hydrogens is 172 g/mol. The lowest BCUT2D eigenvalue weighted by Crippen LogP contribution is -2.18. The van der Waals surface area contributed by atoms with Gasteiger partial charge in [-0.05, 0) is 51.9 Å². The molecule has 14 heavy (non-hydrogen) atoms. The van der Waals surface area contributed by atoms with Gasteiger partial charge in [0.1, 0.15) is 0 Å². The summed E-state index contributed by atoms with van der Waals surface area (Å²) in [5.41, 5.74) is 0. The molecule has 0 fully saturated rings. The second-order valence-corrected chi connectivity index (χ2v) is 3.64. The Morgan fingerprint density at radius 2 is 1.57 bits per heavy atom. The Kier molecular flexibility index (Phi) is 12.4. The Hall–Kier alpha value is -0.340. The molecule has 0 aromatic carbocycles. The SMILES string of the molecule is C=CCCNCCCCCNCCC. The van der Waals surface area contributed by atoms with Gasteiger partial charge in [-0.1, -0.05) is 19.4 Å². The van der Waals surface area contributed by atoms with Crippen molar-refractivity contribution in [1.82, 2.24) is 10.6 Å². The van der Waals surface area contributed by atoms with Crippen LogP contribution in [0.2, 0.25) is 0 Å². The van der Waals surface area contributed by atoms with E-state index >= 15 is 0 Å². The van der Waals surface area contributed by atoms with Crippen molar-refractivity contribution >= 4 is 0 Å². The Labute approximate surface area is 89.2 Å². The van der Waals surface area contributed by atoms with Crippen molar-refractivity contribution in [1.29, 1.82) is 0 Å². The van der Waals surface area contributed by atoms with Gasteiger partial charge in [0.25, 0.3) is 0 Å². The van der Waals surface area contributed by atoms with E-state index in [-0.39, 0.29) is 0 Å². The molecule has 0 heterocycles. The lowest BCUT2D eigenvalue weighted by molar-refractivity contribution is 0.572. The first kappa shape index (κ1) is 13.7. The van der Waals surface area contributed by atoms with E-state index in [1.807, 2.05) is 6.08 Å². The van der Waals surface area contributed by atoms with Gasteiger partial charge in [0.15, 0.2) is 0 Å². The molecule has 0 atom stereocenters. The summed E-state index contributed by atoms with van der Waals surface area (Å²) in [6, 6.07) is 0. The van der Waals surface area contributed by atoms with Crippen molar-refractivity contribution in [2.24, 2.45) is 0 Å². The van der Waals surface area contributed by atoms with Crippen LogP contribution in [0.4, 0.5) is 0 Å². The molecule has 0 spiro atoms. The van der Waals surface area contributed by atoms with E-state index in [4.69, 9.17) is 0 Å². The molecule has 0 saturated heterocycles. The summed E-state index contributed by atoms with van der Waals surface area (Å²) in [6.45, 7) is 10.5. The van der Waals surface area contributed by atoms with Crippen molar-refractivity contribution in [3.8, 4) is 0 Å². The van der Waals surface area contributed by atoms with E-state index in [1.54, 1.807) is 0 Å². The third kappa shape index (κ3) is 11.7. The minimum absolute atomic E-state index is 1.08. The summed E-state index contributed by atoms with van der Waals surface area (Å²) in [6.07, 6.45) is 8.22. The molecule has 2 N–H and O–H groups in total. The van der Waals surface area contributed by atoms with Gasteiger partial charge in [-0.25, -0.2) is 0 Å². The standard InChI is InChI=1S/C12H26N2/c1-3-5-10-14-12-8-6-7-11-13-9-4-2/h3,13-14H,1,4-12H2,2H3. The van der Waals surface area contributed by atoms with Gasteiger partial charge < -0.3 is 10.6 Å². The summed E-state index contributed by atoms with van der Waals surface area (Å²) in [7, 11) is 0. The number of nitrogens with one attached hydrogen (secondary N) is 2. The Bertz CT molecular complexity index is 113. The van der Waals surface area contributed by atoms with Crippen LogP contribution in [0.15, 0.2) is 12.7 Å². The fourth-order valence-corrected chi connectivity index (χ4v) is 1.31. The summed E-state index contributed by atoms with van der Waals surface area (Å²) in [5.74, 6) is 0. The first-order valence-electron chi connectivity index (χ1n) is 5.94. The lowest BCUT2D eigenvalue weighted by atomic mass is 10.2. The molecule has 0 aliphatic rings. The number of hydrogen-bond donors (Lipinski definition) is 2. The molecule has 2 nitrogen and oxygen atoms in total.